The van der Waals surface area contributed by atoms with Gasteiger partial charge in [-0.25, -0.2) is 9.48 Å². The number of carbonyl (C=O) groups is 4. The van der Waals surface area contributed by atoms with Crippen LogP contribution in [-0.2, 0) is 32.1 Å². The van der Waals surface area contributed by atoms with Crippen molar-refractivity contribution >= 4 is 67.3 Å². The summed E-state index contributed by atoms with van der Waals surface area (Å²) < 4.78 is 5.38. The van der Waals surface area contributed by atoms with Gasteiger partial charge in [-0.2, -0.15) is 0 Å². The van der Waals surface area contributed by atoms with E-state index in [-0.39, 0.29) is 40.1 Å². The van der Waals surface area contributed by atoms with E-state index in [0.29, 0.717) is 13.0 Å². The molecule has 2 aliphatic rings. The van der Waals surface area contributed by atoms with E-state index in [9.17, 15) is 19.2 Å². The van der Waals surface area contributed by atoms with E-state index in [1.54, 1.807) is 16.4 Å². The number of hydrogen-bond donors (Lipinski definition) is 2. The number of fused-ring (bicyclic) bond motifs is 1. The Morgan fingerprint density at radius 3 is 2.44 bits per heavy atom. The molecule has 0 radical (unpaired) electrons. The van der Waals surface area contributed by atoms with Gasteiger partial charge in [-0.15, -0.1) is 16.9 Å². The number of rotatable bonds is 11. The Morgan fingerprint density at radius 1 is 1.12 bits per heavy atom. The molecular formula is C27H34Br2N6O5S. The summed E-state index contributed by atoms with van der Waals surface area (Å²) in [5, 5.41) is 13.6. The maximum absolute atomic E-state index is 13.4. The fourth-order valence-electron chi connectivity index (χ4n) is 5.00. The smallest absolute Gasteiger partial charge is 0.328 e. The van der Waals surface area contributed by atoms with E-state index in [2.05, 4.69) is 66.7 Å². The zero-order valence-corrected chi connectivity index (χ0v) is 27.5. The number of nitrogens with zero attached hydrogens (tertiary/aromatic N) is 4. The van der Waals surface area contributed by atoms with Crippen LogP contribution in [0.5, 0.6) is 0 Å². The standard InChI is InChI=1S/C27H34Br2N6O5S/c1-15(2)11-18(23(38)40-5)31-21(36)17(12-16-9-7-6-8-10-16)30-22(37)19-13-34(33-32-19)14-20-26(3,4)41-25-27(28,29)24(39)35(20)25/h6-10,13,15,17-18,20,25H,11-12,14H2,1-5H3,(H,30,37)(H,31,36)/t17-,18-,20-,25+/m0/s1. The van der Waals surface area contributed by atoms with Crippen molar-refractivity contribution in [1.29, 1.82) is 0 Å². The third kappa shape index (κ3) is 6.80. The van der Waals surface area contributed by atoms with Gasteiger partial charge in [0.25, 0.3) is 11.8 Å². The van der Waals surface area contributed by atoms with Crippen molar-refractivity contribution in [3.63, 3.8) is 0 Å². The summed E-state index contributed by atoms with van der Waals surface area (Å²) in [4.78, 5) is 53.5. The third-order valence-corrected chi connectivity index (χ3v) is 11.0. The lowest BCUT2D eigenvalue weighted by Crippen LogP contribution is -2.67. The molecular weight excluding hydrogens is 680 g/mol. The SMILES string of the molecule is COC(=O)[C@H](CC(C)C)NC(=O)[C@H](Cc1ccccc1)NC(=O)c1cn(C[C@@H]2N3C(=O)C(Br)(Br)[C@H]3SC2(C)C)nn1. The Balaban J connectivity index is 1.48. The van der Waals surface area contributed by atoms with E-state index in [0.717, 1.165) is 5.56 Å². The lowest BCUT2D eigenvalue weighted by molar-refractivity contribution is -0.146. The van der Waals surface area contributed by atoms with Crippen LogP contribution in [0.1, 0.15) is 50.2 Å². The largest absolute Gasteiger partial charge is 0.467 e. The van der Waals surface area contributed by atoms with Crippen molar-refractivity contribution in [1.82, 2.24) is 30.5 Å². The minimum absolute atomic E-state index is 0.0350. The van der Waals surface area contributed by atoms with Crippen molar-refractivity contribution in [2.75, 3.05) is 7.11 Å². The first-order valence-corrected chi connectivity index (χ1v) is 15.7. The number of halogens is 2. The topological polar surface area (TPSA) is 136 Å². The number of aromatic nitrogens is 3. The fourth-order valence-corrected chi connectivity index (χ4v) is 7.93. The van der Waals surface area contributed by atoms with E-state index < -0.39 is 33.1 Å². The number of amides is 3. The summed E-state index contributed by atoms with van der Waals surface area (Å²) in [5.74, 6) is -1.56. The van der Waals surface area contributed by atoms with Crippen LogP contribution in [0, 0.1) is 5.92 Å². The number of β-lactam (4-membered cyclic amide) rings is 1. The number of hydrogen-bond acceptors (Lipinski definition) is 8. The molecule has 3 heterocycles. The van der Waals surface area contributed by atoms with Crippen LogP contribution in [-0.4, -0.2) is 82.2 Å². The average Bonchev–Trinajstić information content (AvgIpc) is 3.49. The number of methoxy groups -OCH3 is 1. The number of thioether (sulfide) groups is 1. The van der Waals surface area contributed by atoms with Gasteiger partial charge in [-0.05, 0) is 31.7 Å². The fraction of sp³-hybridized carbons (Fsp3) is 0.556. The van der Waals surface area contributed by atoms with Crippen LogP contribution in [0.25, 0.3) is 0 Å². The van der Waals surface area contributed by atoms with Crippen molar-refractivity contribution in [3.8, 4) is 0 Å². The molecule has 1 aromatic heterocycles. The predicted molar refractivity (Wildman–Crippen MR) is 162 cm³/mol. The minimum atomic E-state index is -0.981. The first kappa shape index (κ1) is 31.5. The van der Waals surface area contributed by atoms with Gasteiger partial charge in [0.15, 0.2) is 8.93 Å². The summed E-state index contributed by atoms with van der Waals surface area (Å²) in [7, 11) is 1.27. The molecule has 2 saturated heterocycles. The normalized spacial score (nSPS) is 22.0. The number of ether oxygens (including phenoxy) is 1. The average molecular weight is 714 g/mol. The summed E-state index contributed by atoms with van der Waals surface area (Å²) in [6.07, 6.45) is 2.10. The number of carbonyl (C=O) groups excluding carboxylic acids is 4. The molecule has 3 amide bonds. The second-order valence-corrected chi connectivity index (χ2v) is 16.5. The molecule has 0 aliphatic carbocycles. The van der Waals surface area contributed by atoms with Gasteiger partial charge in [0.2, 0.25) is 5.91 Å². The molecule has 4 atom stereocenters. The van der Waals surface area contributed by atoms with Gasteiger partial charge in [-0.3, -0.25) is 14.4 Å². The molecule has 2 aromatic rings. The van der Waals surface area contributed by atoms with Gasteiger partial charge in [-0.1, -0.05) is 81.3 Å². The highest BCUT2D eigenvalue weighted by Crippen LogP contribution is 2.60. The summed E-state index contributed by atoms with van der Waals surface area (Å²) in [6, 6.07) is 7.27. The quantitative estimate of drug-likeness (QED) is 0.206. The Kier molecular flexibility index (Phi) is 9.54. The summed E-state index contributed by atoms with van der Waals surface area (Å²) in [5.41, 5.74) is 0.868. The molecule has 0 spiro atoms. The van der Waals surface area contributed by atoms with Crippen molar-refractivity contribution < 1.29 is 23.9 Å². The molecule has 2 fully saturated rings. The number of nitrogens with one attached hydrogen (secondary N) is 2. The van der Waals surface area contributed by atoms with Crippen molar-refractivity contribution in [3.05, 3.63) is 47.8 Å². The monoisotopic (exact) mass is 712 g/mol. The summed E-state index contributed by atoms with van der Waals surface area (Å²) in [6.45, 7) is 8.37. The molecule has 0 bridgehead atoms. The lowest BCUT2D eigenvalue weighted by Gasteiger charge is -2.47. The third-order valence-electron chi connectivity index (χ3n) is 7.18. The van der Waals surface area contributed by atoms with Gasteiger partial charge in [0, 0.05) is 11.2 Å². The Labute approximate surface area is 260 Å². The lowest BCUT2D eigenvalue weighted by atomic mass is 9.98. The maximum Gasteiger partial charge on any atom is 0.328 e. The molecule has 2 aliphatic heterocycles. The van der Waals surface area contributed by atoms with Crippen LogP contribution in [0.15, 0.2) is 36.5 Å². The highest BCUT2D eigenvalue weighted by Gasteiger charge is 2.68. The van der Waals surface area contributed by atoms with Crippen molar-refractivity contribution in [2.24, 2.45) is 5.92 Å². The summed E-state index contributed by atoms with van der Waals surface area (Å²) >= 11 is 8.65. The molecule has 1 aromatic carbocycles. The molecule has 0 saturated carbocycles. The van der Waals surface area contributed by atoms with Crippen LogP contribution < -0.4 is 10.6 Å². The van der Waals surface area contributed by atoms with E-state index in [1.807, 2.05) is 49.1 Å². The van der Waals surface area contributed by atoms with E-state index in [1.165, 1.54) is 13.3 Å². The first-order chi connectivity index (χ1) is 19.2. The molecule has 4 rings (SSSR count). The van der Waals surface area contributed by atoms with Gasteiger partial charge < -0.3 is 20.3 Å². The van der Waals surface area contributed by atoms with Crippen LogP contribution >= 0.6 is 43.6 Å². The number of esters is 1. The molecule has 0 unspecified atom stereocenters. The zero-order valence-electron chi connectivity index (χ0n) is 23.5. The number of alkyl halides is 2. The highest BCUT2D eigenvalue weighted by molar-refractivity contribution is 9.26. The van der Waals surface area contributed by atoms with Crippen LogP contribution in [0.4, 0.5) is 0 Å². The Bertz CT molecular complexity index is 1300. The maximum atomic E-state index is 13.4. The molecule has 14 heteroatoms. The van der Waals surface area contributed by atoms with Gasteiger partial charge >= 0.3 is 5.97 Å². The second-order valence-electron chi connectivity index (χ2n) is 11.2. The molecule has 11 nitrogen and oxygen atoms in total. The van der Waals surface area contributed by atoms with E-state index >= 15 is 0 Å². The van der Waals surface area contributed by atoms with Gasteiger partial charge in [0.05, 0.1) is 25.9 Å². The van der Waals surface area contributed by atoms with E-state index in [4.69, 9.17) is 4.74 Å². The Hall–Kier alpha value is -2.45. The number of benzene rings is 1. The molecule has 2 N–H and O–H groups in total. The highest BCUT2D eigenvalue weighted by atomic mass is 79.9. The minimum Gasteiger partial charge on any atom is -0.467 e. The predicted octanol–water partition coefficient (Wildman–Crippen LogP) is 2.87. The molecule has 41 heavy (non-hydrogen) atoms. The molecule has 222 valence electrons. The Morgan fingerprint density at radius 2 is 1.80 bits per heavy atom. The second kappa shape index (κ2) is 12.4. The van der Waals surface area contributed by atoms with Crippen LogP contribution in [0.2, 0.25) is 0 Å². The first-order valence-electron chi connectivity index (χ1n) is 13.3. The van der Waals surface area contributed by atoms with Crippen molar-refractivity contribution in [2.45, 2.75) is 78.6 Å². The van der Waals surface area contributed by atoms with Gasteiger partial charge in [0.1, 0.15) is 17.5 Å². The zero-order chi connectivity index (χ0) is 30.1. The van der Waals surface area contributed by atoms with Crippen LogP contribution in [0.3, 0.4) is 0 Å².